The Morgan fingerprint density at radius 2 is 1.43 bits per heavy atom. The van der Waals surface area contributed by atoms with Crippen LogP contribution < -0.4 is 27.4 Å². The second-order valence-corrected chi connectivity index (χ2v) is 8.25. The maximum atomic E-state index is 13.0. The molecule has 0 spiro atoms. The van der Waals surface area contributed by atoms with Crippen molar-refractivity contribution in [2.75, 3.05) is 12.3 Å². The molecule has 0 aliphatic rings. The van der Waals surface area contributed by atoms with E-state index in [-0.39, 0.29) is 18.6 Å². The minimum atomic E-state index is -1.38. The summed E-state index contributed by atoms with van der Waals surface area (Å²) in [5.74, 6) is -4.97. The van der Waals surface area contributed by atoms with Gasteiger partial charge in [0.25, 0.3) is 0 Å². The number of nitrogens with two attached hydrogens (primary N) is 2. The first-order valence-electron chi connectivity index (χ1n) is 11.0. The molecule has 3 amide bonds. The molecule has 0 heterocycles. The highest BCUT2D eigenvalue weighted by atomic mass is 32.1. The molecule has 194 valence electrons. The molecule has 0 aliphatic heterocycles. The third-order valence-corrected chi connectivity index (χ3v) is 5.39. The van der Waals surface area contributed by atoms with Crippen LogP contribution in [0.2, 0.25) is 0 Å². The third-order valence-electron chi connectivity index (χ3n) is 5.02. The molecule has 35 heavy (non-hydrogen) atoms. The van der Waals surface area contributed by atoms with Crippen molar-refractivity contribution >= 4 is 42.3 Å². The fourth-order valence-corrected chi connectivity index (χ4v) is 3.36. The van der Waals surface area contributed by atoms with Gasteiger partial charge in [-0.1, -0.05) is 30.3 Å². The monoisotopic (exact) mass is 511 g/mol. The summed E-state index contributed by atoms with van der Waals surface area (Å²) in [4.78, 5) is 60.4. The number of nitrogens with one attached hydrogen (secondary N) is 3. The molecule has 0 bridgehead atoms. The summed E-state index contributed by atoms with van der Waals surface area (Å²) in [6.45, 7) is 0.389. The zero-order valence-corrected chi connectivity index (χ0v) is 20.1. The highest BCUT2D eigenvalue weighted by Crippen LogP contribution is 2.06. The fraction of sp³-hybridized carbons (Fsp3) is 0.500. The van der Waals surface area contributed by atoms with Gasteiger partial charge in [0.2, 0.25) is 17.7 Å². The van der Waals surface area contributed by atoms with Crippen LogP contribution in [0, 0.1) is 0 Å². The number of carboxylic acids is 2. The normalized spacial score (nSPS) is 14.1. The molecule has 12 nitrogen and oxygen atoms in total. The van der Waals surface area contributed by atoms with Crippen LogP contribution in [0.5, 0.6) is 0 Å². The topological polar surface area (TPSA) is 214 Å². The van der Waals surface area contributed by atoms with Crippen LogP contribution in [0.1, 0.15) is 31.2 Å². The summed E-state index contributed by atoms with van der Waals surface area (Å²) in [5, 5.41) is 25.5. The van der Waals surface area contributed by atoms with Crippen molar-refractivity contribution in [1.82, 2.24) is 16.0 Å². The highest BCUT2D eigenvalue weighted by molar-refractivity contribution is 7.80. The van der Waals surface area contributed by atoms with E-state index in [4.69, 9.17) is 16.6 Å². The standard InChI is InChI=1S/C22H33N5O7S/c23-9-5-4-8-15(22(33)34)25-21(32)17(12-35)27-20(31)16(10-13-6-2-1-3-7-13)26-19(30)14(24)11-18(28)29/h1-3,6-7,14-17,35H,4-5,8-12,23-24H2,(H,25,32)(H,26,30)(H,27,31)(H,28,29)(H,33,34). The average Bonchev–Trinajstić information content (AvgIpc) is 2.81. The second kappa shape index (κ2) is 15.7. The first-order valence-corrected chi connectivity index (χ1v) is 11.7. The Bertz CT molecular complexity index is 871. The number of hydrogen-bond acceptors (Lipinski definition) is 8. The fourth-order valence-electron chi connectivity index (χ4n) is 3.11. The van der Waals surface area contributed by atoms with E-state index in [0.29, 0.717) is 24.9 Å². The highest BCUT2D eigenvalue weighted by Gasteiger charge is 2.30. The van der Waals surface area contributed by atoms with Gasteiger partial charge in [-0.05, 0) is 31.4 Å². The Morgan fingerprint density at radius 1 is 0.857 bits per heavy atom. The number of rotatable bonds is 16. The minimum absolute atomic E-state index is 0.0377. The van der Waals surface area contributed by atoms with Crippen LogP contribution in [0.3, 0.4) is 0 Å². The molecule has 0 aliphatic carbocycles. The molecular formula is C22H33N5O7S. The van der Waals surface area contributed by atoms with E-state index < -0.39 is 60.2 Å². The number of aliphatic carboxylic acids is 2. The molecule has 9 N–H and O–H groups in total. The average molecular weight is 512 g/mol. The summed E-state index contributed by atoms with van der Waals surface area (Å²) >= 11 is 4.09. The van der Waals surface area contributed by atoms with Crippen molar-refractivity contribution < 1.29 is 34.2 Å². The lowest BCUT2D eigenvalue weighted by atomic mass is 10.0. The van der Waals surface area contributed by atoms with Gasteiger partial charge >= 0.3 is 11.9 Å². The van der Waals surface area contributed by atoms with Crippen molar-refractivity contribution in [2.24, 2.45) is 11.5 Å². The molecule has 0 fully saturated rings. The number of hydrogen-bond donors (Lipinski definition) is 8. The van der Waals surface area contributed by atoms with E-state index in [1.807, 2.05) is 0 Å². The van der Waals surface area contributed by atoms with E-state index in [2.05, 4.69) is 28.6 Å². The molecule has 4 unspecified atom stereocenters. The van der Waals surface area contributed by atoms with E-state index in [0.717, 1.165) is 0 Å². The molecule has 1 aromatic rings. The van der Waals surface area contributed by atoms with Gasteiger partial charge in [-0.25, -0.2) is 4.79 Å². The predicted molar refractivity (Wildman–Crippen MR) is 131 cm³/mol. The van der Waals surface area contributed by atoms with Gasteiger partial charge in [-0.3, -0.25) is 19.2 Å². The number of amides is 3. The molecule has 4 atom stereocenters. The lowest BCUT2D eigenvalue weighted by Crippen LogP contribution is -2.58. The van der Waals surface area contributed by atoms with Crippen LogP contribution in [-0.2, 0) is 30.4 Å². The van der Waals surface area contributed by atoms with Crippen molar-refractivity contribution in [3.8, 4) is 0 Å². The molecule has 0 aromatic heterocycles. The summed E-state index contributed by atoms with van der Waals surface area (Å²) in [5.41, 5.74) is 11.7. The smallest absolute Gasteiger partial charge is 0.326 e. The Hall–Kier alpha value is -3.16. The van der Waals surface area contributed by atoms with Gasteiger partial charge in [0.05, 0.1) is 12.5 Å². The number of carboxylic acid groups (broad SMARTS) is 2. The van der Waals surface area contributed by atoms with E-state index in [1.165, 1.54) is 0 Å². The maximum Gasteiger partial charge on any atom is 0.326 e. The SMILES string of the molecule is NCCCCC(NC(=O)C(CS)NC(=O)C(Cc1ccccc1)NC(=O)C(N)CC(=O)O)C(=O)O. The van der Waals surface area contributed by atoms with Crippen LogP contribution in [0.15, 0.2) is 30.3 Å². The molecule has 0 radical (unpaired) electrons. The Balaban J connectivity index is 2.94. The van der Waals surface area contributed by atoms with Gasteiger partial charge < -0.3 is 37.6 Å². The molecular weight excluding hydrogens is 478 g/mol. The van der Waals surface area contributed by atoms with Gasteiger partial charge in [-0.2, -0.15) is 12.6 Å². The quantitative estimate of drug-likeness (QED) is 0.0969. The lowest BCUT2D eigenvalue weighted by molar-refractivity contribution is -0.142. The van der Waals surface area contributed by atoms with Crippen molar-refractivity contribution in [3.63, 3.8) is 0 Å². The molecule has 13 heteroatoms. The zero-order valence-electron chi connectivity index (χ0n) is 19.2. The van der Waals surface area contributed by atoms with Crippen LogP contribution in [0.4, 0.5) is 0 Å². The number of carbonyl (C=O) groups is 5. The maximum absolute atomic E-state index is 13.0. The Kier molecular flexibility index (Phi) is 13.4. The zero-order chi connectivity index (χ0) is 26.4. The molecule has 0 saturated heterocycles. The van der Waals surface area contributed by atoms with Crippen LogP contribution >= 0.6 is 12.6 Å². The van der Waals surface area contributed by atoms with Crippen LogP contribution in [0.25, 0.3) is 0 Å². The largest absolute Gasteiger partial charge is 0.481 e. The Morgan fingerprint density at radius 3 is 1.97 bits per heavy atom. The van der Waals surface area contributed by atoms with E-state index in [9.17, 15) is 29.1 Å². The first-order chi connectivity index (χ1) is 16.6. The molecule has 1 aromatic carbocycles. The van der Waals surface area contributed by atoms with Crippen molar-refractivity contribution in [2.45, 2.75) is 56.3 Å². The van der Waals surface area contributed by atoms with Gasteiger partial charge in [0.15, 0.2) is 0 Å². The lowest BCUT2D eigenvalue weighted by Gasteiger charge is -2.24. The minimum Gasteiger partial charge on any atom is -0.481 e. The summed E-state index contributed by atoms with van der Waals surface area (Å²) in [7, 11) is 0. The van der Waals surface area contributed by atoms with Gasteiger partial charge in [0.1, 0.15) is 18.1 Å². The number of unbranched alkanes of at least 4 members (excludes halogenated alkanes) is 1. The molecule has 0 saturated carbocycles. The summed E-state index contributed by atoms with van der Waals surface area (Å²) in [6.07, 6.45) is 0.661. The summed E-state index contributed by atoms with van der Waals surface area (Å²) in [6, 6.07) is 3.79. The van der Waals surface area contributed by atoms with Crippen molar-refractivity contribution in [3.05, 3.63) is 35.9 Å². The number of carbonyl (C=O) groups excluding carboxylic acids is 3. The second-order valence-electron chi connectivity index (χ2n) is 7.88. The summed E-state index contributed by atoms with van der Waals surface area (Å²) < 4.78 is 0. The third kappa shape index (κ3) is 11.2. The van der Waals surface area contributed by atoms with E-state index in [1.54, 1.807) is 30.3 Å². The van der Waals surface area contributed by atoms with Gasteiger partial charge in [0, 0.05) is 12.2 Å². The van der Waals surface area contributed by atoms with Crippen molar-refractivity contribution in [1.29, 1.82) is 0 Å². The number of thiol groups is 1. The Labute approximate surface area is 208 Å². The van der Waals surface area contributed by atoms with Gasteiger partial charge in [-0.15, -0.1) is 0 Å². The number of benzene rings is 1. The first kappa shape index (κ1) is 29.9. The van der Waals surface area contributed by atoms with E-state index >= 15 is 0 Å². The van der Waals surface area contributed by atoms with Crippen LogP contribution in [-0.4, -0.2) is 76.3 Å². The molecule has 1 rings (SSSR count). The predicted octanol–water partition coefficient (Wildman–Crippen LogP) is -1.37.